The van der Waals surface area contributed by atoms with E-state index in [2.05, 4.69) is 333 Å². The fraction of sp³-hybridized carbons (Fsp3) is 0.130. The van der Waals surface area contributed by atoms with Gasteiger partial charge in [0.25, 0.3) is 0 Å². The van der Waals surface area contributed by atoms with Crippen molar-refractivity contribution in [3.05, 3.63) is 317 Å². The van der Waals surface area contributed by atoms with Crippen molar-refractivity contribution in [1.82, 2.24) is 0 Å². The molecular weight excluding hydrogens is 1800 g/mol. The van der Waals surface area contributed by atoms with E-state index in [4.69, 9.17) is 0 Å². The van der Waals surface area contributed by atoms with Crippen LogP contribution < -0.4 is 84.8 Å². The monoisotopic (exact) mass is 1890 g/mol. The van der Waals surface area contributed by atoms with Gasteiger partial charge in [0.05, 0.1) is 0 Å². The normalized spacial score (nSPS) is 12.4. The fourth-order valence-corrected chi connectivity index (χ4v) is 29.7. The SMILES string of the molecule is CCC[I-]c1ccc(-c2c3c4cccc5c(-c6ccc7c8c(cccc68)-c6c([I-]CCC)c(-c8ccccc8)c(-c8ccccc8)c(C)c6-7)ccc(c3c(-c3ccc([I-]CCC)cc3)c3c6ccc(-c7ccc8c9c(cccc79)-c7c([I-]CCC)c(-c9ccccc9)c(-c9ccccc9)c(C)c7-8)c7cccc(c23)c76)c54)cc1. The van der Waals surface area contributed by atoms with E-state index < -0.39 is 0 Å². The van der Waals surface area contributed by atoms with Crippen LogP contribution >= 0.6 is 0 Å². The van der Waals surface area contributed by atoms with E-state index in [1.807, 2.05) is 0 Å². The zero-order chi connectivity index (χ0) is 75.0. The summed E-state index contributed by atoms with van der Waals surface area (Å²) in [5.41, 5.74) is 35.4. The Labute approximate surface area is 698 Å². The van der Waals surface area contributed by atoms with E-state index in [0.29, 0.717) is 0 Å². The number of hydrogen-bond donors (Lipinski definition) is 0. The van der Waals surface area contributed by atoms with Crippen molar-refractivity contribution in [3.63, 3.8) is 0 Å². The van der Waals surface area contributed by atoms with Crippen LogP contribution in [0.5, 0.6) is 0 Å². The first-order valence-electron chi connectivity index (χ1n) is 40.1. The molecule has 0 saturated heterocycles. The quantitative estimate of drug-likeness (QED) is 0.0527. The molecule has 0 atom stereocenters. The van der Waals surface area contributed by atoms with Crippen molar-refractivity contribution in [2.45, 2.75) is 67.2 Å². The number of halogens is 4. The second-order valence-electron chi connectivity index (χ2n) is 30.5. The average Bonchev–Trinajstić information content (AvgIpc) is 1.51. The summed E-state index contributed by atoms with van der Waals surface area (Å²) in [5.74, 6) is 0. The summed E-state index contributed by atoms with van der Waals surface area (Å²) in [6.07, 6.45) is 4.79. The van der Waals surface area contributed by atoms with Gasteiger partial charge in [0.2, 0.25) is 0 Å². The van der Waals surface area contributed by atoms with Crippen LogP contribution in [0.4, 0.5) is 0 Å². The van der Waals surface area contributed by atoms with Crippen molar-refractivity contribution >= 4 is 86.2 Å². The van der Waals surface area contributed by atoms with Crippen LogP contribution in [0.15, 0.2) is 291 Å². The number of alkyl halides is 4. The van der Waals surface area contributed by atoms with Crippen LogP contribution in [0.1, 0.15) is 64.5 Å². The molecule has 2 aliphatic rings. The molecule has 0 saturated carbocycles. The van der Waals surface area contributed by atoms with Gasteiger partial charge in [-0.1, -0.05) is 0 Å². The number of benzene rings is 17. The minimum absolute atomic E-state index is 0.105. The maximum absolute atomic E-state index is 2.55. The molecule has 0 heterocycles. The van der Waals surface area contributed by atoms with Gasteiger partial charge >= 0.3 is 706 Å². The molecule has 19 aromatic rings. The molecule has 2 aliphatic carbocycles. The molecule has 546 valence electrons. The van der Waals surface area contributed by atoms with Crippen molar-refractivity contribution < 1.29 is 84.8 Å². The van der Waals surface area contributed by atoms with Crippen molar-refractivity contribution in [3.8, 4) is 134 Å². The first kappa shape index (κ1) is 70.6. The number of rotatable bonds is 20. The van der Waals surface area contributed by atoms with Crippen LogP contribution in [-0.2, 0) is 0 Å². The molecule has 0 amide bonds. The summed E-state index contributed by atoms with van der Waals surface area (Å²) in [7, 11) is 0. The van der Waals surface area contributed by atoms with Crippen LogP contribution in [0, 0.1) is 28.1 Å². The molecule has 0 fully saturated rings. The van der Waals surface area contributed by atoms with Gasteiger partial charge in [-0.3, -0.25) is 0 Å². The molecule has 0 bridgehead atoms. The molecule has 0 radical (unpaired) electrons. The molecule has 0 aliphatic heterocycles. The first-order valence-corrected chi connectivity index (χ1v) is 50.5. The Bertz CT molecular complexity index is 6520. The Hall–Kier alpha value is -9.30. The molecule has 0 spiro atoms. The third-order valence-electron chi connectivity index (χ3n) is 24.0. The summed E-state index contributed by atoms with van der Waals surface area (Å²) in [6.45, 7) is 14.3. The molecule has 112 heavy (non-hydrogen) atoms. The summed E-state index contributed by atoms with van der Waals surface area (Å²) >= 11 is -0.908. The molecular formula is C108H82I4-4. The van der Waals surface area contributed by atoms with Crippen LogP contribution in [0.25, 0.3) is 220 Å². The molecule has 0 nitrogen and oxygen atoms in total. The van der Waals surface area contributed by atoms with Gasteiger partial charge < -0.3 is 0 Å². The van der Waals surface area contributed by atoms with E-state index in [0.717, 1.165) is 0 Å². The zero-order valence-electron chi connectivity index (χ0n) is 63.9. The van der Waals surface area contributed by atoms with Gasteiger partial charge in [0.15, 0.2) is 0 Å². The Morgan fingerprint density at radius 1 is 0.179 bits per heavy atom. The zero-order valence-corrected chi connectivity index (χ0v) is 72.5. The maximum atomic E-state index is 2.55. The van der Waals surface area contributed by atoms with Gasteiger partial charge in [0.1, 0.15) is 0 Å². The van der Waals surface area contributed by atoms with Crippen LogP contribution in [0.2, 0.25) is 0 Å². The van der Waals surface area contributed by atoms with Gasteiger partial charge in [-0.05, 0) is 0 Å². The molecule has 0 unspecified atom stereocenters. The third-order valence-corrected chi connectivity index (χ3v) is 37.4. The molecule has 21 rings (SSSR count). The third kappa shape index (κ3) is 10.9. The Balaban J connectivity index is 0.815. The summed E-state index contributed by atoms with van der Waals surface area (Å²) in [5, 5.41) is 21.5. The number of fused-ring (bicyclic) bond motifs is 12. The fourth-order valence-electron chi connectivity index (χ4n) is 19.7. The minimum atomic E-state index is -0.349. The topological polar surface area (TPSA) is 0 Å². The standard InChI is InChI=1S/C108H82I4/c1-7-59-109-71-47-43-69(44-48-71)93-101-81-39-23-35-77-75(73-51-55-85-91-63(5)89(65-27-15-11-16-28-65)95(67-31-19-13-20-32-67)107(111-61-9-3)105(91)83-41-25-37-79(73)99(83)85)53-57-87(97(77)81)103(101)94(70-45-49-72(50-46-70)110-60-8-2)104-88-58-54-76(78-36-24-40-82(98(78)88)102(93)104)74-52-56-86-92-64(6)90(66-29-17-12-18-30-66)96(68-33-21-14-22-34-68)108(112-62-10-4)106(92)84-42-26-38-80(74)100(84)86/h11-58H,7-10,59-62H2,1-6H3/q-4. The Morgan fingerprint density at radius 2 is 0.446 bits per heavy atom. The Kier molecular flexibility index (Phi) is 18.2. The van der Waals surface area contributed by atoms with E-state index in [1.54, 1.807) is 7.14 Å². The number of hydrogen-bond acceptors (Lipinski definition) is 0. The van der Waals surface area contributed by atoms with E-state index in [-0.39, 0.29) is 84.8 Å². The average molecular weight is 1890 g/mol. The predicted octanol–water partition coefficient (Wildman–Crippen LogP) is 17.7. The summed E-state index contributed by atoms with van der Waals surface area (Å²) < 4.78 is 11.2. The second kappa shape index (κ2) is 29.0. The first-order chi connectivity index (χ1) is 55.3. The van der Waals surface area contributed by atoms with Crippen molar-refractivity contribution in [1.29, 1.82) is 0 Å². The van der Waals surface area contributed by atoms with Crippen LogP contribution in [-0.4, -0.2) is 17.7 Å². The Morgan fingerprint density at radius 3 is 0.795 bits per heavy atom. The van der Waals surface area contributed by atoms with Crippen molar-refractivity contribution in [2.75, 3.05) is 17.7 Å². The molecule has 4 heteroatoms. The van der Waals surface area contributed by atoms with E-state index >= 15 is 0 Å². The van der Waals surface area contributed by atoms with Gasteiger partial charge in [-0.25, -0.2) is 0 Å². The summed E-state index contributed by atoms with van der Waals surface area (Å²) in [4.78, 5) is 0. The predicted molar refractivity (Wildman–Crippen MR) is 466 cm³/mol. The van der Waals surface area contributed by atoms with E-state index in [1.165, 1.54) is 281 Å². The van der Waals surface area contributed by atoms with E-state index in [9.17, 15) is 0 Å². The van der Waals surface area contributed by atoms with Crippen LogP contribution in [0.3, 0.4) is 0 Å². The summed E-state index contributed by atoms with van der Waals surface area (Å²) in [6, 6.07) is 115. The van der Waals surface area contributed by atoms with Crippen molar-refractivity contribution in [2.24, 2.45) is 0 Å². The molecule has 0 N–H and O–H groups in total. The molecule has 19 aromatic carbocycles. The van der Waals surface area contributed by atoms with Gasteiger partial charge in [0, 0.05) is 0 Å². The molecule has 0 aromatic heterocycles. The van der Waals surface area contributed by atoms with Gasteiger partial charge in [-0.15, -0.1) is 0 Å². The van der Waals surface area contributed by atoms with Gasteiger partial charge in [-0.2, -0.15) is 0 Å². The second-order valence-corrected chi connectivity index (χ2v) is 42.5.